The molecule has 1 amide bonds. The Morgan fingerprint density at radius 3 is 2.68 bits per heavy atom. The molecule has 0 saturated carbocycles. The number of aromatic nitrogens is 1. The van der Waals surface area contributed by atoms with E-state index >= 15 is 0 Å². The molecule has 28 heavy (non-hydrogen) atoms. The number of nitrogens with one attached hydrogen (secondary N) is 2. The van der Waals surface area contributed by atoms with Crippen molar-refractivity contribution in [2.75, 3.05) is 5.32 Å². The van der Waals surface area contributed by atoms with E-state index in [4.69, 9.17) is 4.42 Å². The summed E-state index contributed by atoms with van der Waals surface area (Å²) in [5.74, 6) is 0.371. The topological polar surface area (TPSA) is 101 Å². The molecule has 0 atom stereocenters. The first-order valence-corrected chi connectivity index (χ1v) is 10.9. The first kappa shape index (κ1) is 20.2. The van der Waals surface area contributed by atoms with E-state index in [1.165, 1.54) is 23.5 Å². The largest absolute Gasteiger partial charge is 0.462 e. The van der Waals surface area contributed by atoms with E-state index in [-0.39, 0.29) is 17.2 Å². The average molecular weight is 420 g/mol. The Hall–Kier alpha value is -2.49. The van der Waals surface area contributed by atoms with Crippen molar-refractivity contribution >= 4 is 33.0 Å². The van der Waals surface area contributed by atoms with Gasteiger partial charge in [0.2, 0.25) is 15.9 Å². The lowest BCUT2D eigenvalue weighted by atomic mass is 10.1. The van der Waals surface area contributed by atoms with E-state index in [1.54, 1.807) is 56.7 Å². The van der Waals surface area contributed by atoms with Crippen molar-refractivity contribution in [3.8, 4) is 10.8 Å². The van der Waals surface area contributed by atoms with Gasteiger partial charge in [0.25, 0.3) is 0 Å². The van der Waals surface area contributed by atoms with Crippen LogP contribution in [0.5, 0.6) is 0 Å². The minimum atomic E-state index is -3.68. The van der Waals surface area contributed by atoms with Crippen LogP contribution >= 0.6 is 11.3 Å². The van der Waals surface area contributed by atoms with Crippen LogP contribution in [0.2, 0.25) is 0 Å². The van der Waals surface area contributed by atoms with E-state index in [0.717, 1.165) is 0 Å². The number of furan rings is 1. The molecule has 2 N–H and O–H groups in total. The Kier molecular flexibility index (Phi) is 5.69. The number of hydrogen-bond donors (Lipinski definition) is 2. The normalized spacial score (nSPS) is 12.1. The molecule has 148 valence electrons. The molecule has 2 aromatic heterocycles. The van der Waals surface area contributed by atoms with Gasteiger partial charge in [0, 0.05) is 16.6 Å². The highest BCUT2D eigenvalue weighted by Gasteiger charge is 2.22. The molecule has 1 aromatic carbocycles. The number of carbonyl (C=O) groups excluding carboxylic acids is 1. The number of nitrogens with zero attached hydrogens (tertiary/aromatic N) is 1. The van der Waals surface area contributed by atoms with E-state index in [1.807, 2.05) is 0 Å². The minimum absolute atomic E-state index is 0.0778. The third kappa shape index (κ3) is 5.28. The van der Waals surface area contributed by atoms with Crippen LogP contribution in [0, 0.1) is 0 Å². The number of benzene rings is 1. The zero-order valence-corrected chi connectivity index (χ0v) is 17.4. The smallest absolute Gasteiger partial charge is 0.241 e. The monoisotopic (exact) mass is 419 g/mol. The maximum absolute atomic E-state index is 12.5. The van der Waals surface area contributed by atoms with Crippen molar-refractivity contribution < 1.29 is 17.6 Å². The van der Waals surface area contributed by atoms with Crippen LogP contribution in [0.4, 0.5) is 5.69 Å². The Morgan fingerprint density at radius 1 is 1.21 bits per heavy atom. The van der Waals surface area contributed by atoms with Gasteiger partial charge in [0.1, 0.15) is 0 Å². The van der Waals surface area contributed by atoms with Gasteiger partial charge in [0.05, 0.1) is 23.3 Å². The second kappa shape index (κ2) is 7.86. The molecule has 0 aliphatic rings. The summed E-state index contributed by atoms with van der Waals surface area (Å²) in [5.41, 5.74) is 0.421. The number of amides is 1. The molecule has 0 radical (unpaired) electrons. The minimum Gasteiger partial charge on any atom is -0.462 e. The second-order valence-electron chi connectivity index (χ2n) is 7.23. The van der Waals surface area contributed by atoms with Gasteiger partial charge in [-0.3, -0.25) is 4.79 Å². The lowest BCUT2D eigenvalue weighted by Gasteiger charge is -2.20. The van der Waals surface area contributed by atoms with Crippen molar-refractivity contribution in [2.45, 2.75) is 37.6 Å². The molecule has 0 bridgehead atoms. The van der Waals surface area contributed by atoms with E-state index < -0.39 is 15.6 Å². The number of carbonyl (C=O) groups is 1. The number of sulfonamides is 1. The van der Waals surface area contributed by atoms with Gasteiger partial charge in [0.15, 0.2) is 10.8 Å². The van der Waals surface area contributed by atoms with Crippen LogP contribution in [0.15, 0.2) is 57.4 Å². The predicted molar refractivity (Wildman–Crippen MR) is 109 cm³/mol. The molecule has 7 nitrogen and oxygen atoms in total. The lowest BCUT2D eigenvalue weighted by Crippen LogP contribution is -2.40. The molecule has 3 rings (SSSR count). The first-order chi connectivity index (χ1) is 13.1. The van der Waals surface area contributed by atoms with Gasteiger partial charge in [-0.25, -0.2) is 18.1 Å². The van der Waals surface area contributed by atoms with Crippen molar-refractivity contribution in [2.24, 2.45) is 0 Å². The van der Waals surface area contributed by atoms with Crippen LogP contribution in [0.1, 0.15) is 26.5 Å². The molecular weight excluding hydrogens is 398 g/mol. The molecule has 9 heteroatoms. The van der Waals surface area contributed by atoms with Gasteiger partial charge in [-0.2, -0.15) is 0 Å². The average Bonchev–Trinajstić information content (AvgIpc) is 3.24. The molecule has 0 spiro atoms. The number of anilines is 1. The molecule has 0 fully saturated rings. The fourth-order valence-corrected chi connectivity index (χ4v) is 4.72. The Labute approximate surface area is 167 Å². The molecule has 0 saturated heterocycles. The summed E-state index contributed by atoms with van der Waals surface area (Å²) in [6, 6.07) is 9.73. The summed E-state index contributed by atoms with van der Waals surface area (Å²) in [4.78, 5) is 16.8. The quantitative estimate of drug-likeness (QED) is 0.635. The van der Waals surface area contributed by atoms with E-state index in [9.17, 15) is 13.2 Å². The van der Waals surface area contributed by atoms with Gasteiger partial charge < -0.3 is 9.73 Å². The SMILES string of the molecule is CC(C)(C)NS(=O)(=O)c1cccc(NC(=O)Cc2csc(-c3ccco3)n2)c1. The van der Waals surface area contributed by atoms with Gasteiger partial charge in [-0.05, 0) is 51.1 Å². The highest BCUT2D eigenvalue weighted by molar-refractivity contribution is 7.89. The maximum Gasteiger partial charge on any atom is 0.241 e. The standard InChI is InChI=1S/C19H21N3O4S2/c1-19(2,3)22-28(24,25)15-7-4-6-13(10-15)20-17(23)11-14-12-27-18(21-14)16-8-5-9-26-16/h4-10,12,22H,11H2,1-3H3,(H,20,23). The number of hydrogen-bond acceptors (Lipinski definition) is 6. The Morgan fingerprint density at radius 2 is 2.00 bits per heavy atom. The maximum atomic E-state index is 12.5. The highest BCUT2D eigenvalue weighted by atomic mass is 32.2. The van der Waals surface area contributed by atoms with Gasteiger partial charge in [-0.15, -0.1) is 11.3 Å². The summed E-state index contributed by atoms with van der Waals surface area (Å²) in [6.07, 6.45) is 1.65. The molecule has 2 heterocycles. The summed E-state index contributed by atoms with van der Waals surface area (Å²) in [6.45, 7) is 5.29. The predicted octanol–water partition coefficient (Wildman–Crippen LogP) is 3.66. The Balaban J connectivity index is 1.68. The summed E-state index contributed by atoms with van der Waals surface area (Å²) >= 11 is 1.39. The molecule has 3 aromatic rings. The third-order valence-corrected chi connectivity index (χ3v) is 6.16. The van der Waals surface area contributed by atoms with Gasteiger partial charge in [-0.1, -0.05) is 6.07 Å². The second-order valence-corrected chi connectivity index (χ2v) is 9.77. The molecule has 0 aliphatic carbocycles. The van der Waals surface area contributed by atoms with Crippen LogP contribution in [0.3, 0.4) is 0 Å². The number of thiazole rings is 1. The van der Waals surface area contributed by atoms with Crippen LogP contribution in [-0.4, -0.2) is 24.8 Å². The van der Waals surface area contributed by atoms with E-state index in [0.29, 0.717) is 22.1 Å². The van der Waals surface area contributed by atoms with Crippen LogP contribution < -0.4 is 10.0 Å². The van der Waals surface area contributed by atoms with Crippen molar-refractivity contribution in [1.82, 2.24) is 9.71 Å². The molecular formula is C19H21N3O4S2. The fraction of sp³-hybridized carbons (Fsp3) is 0.263. The fourth-order valence-electron chi connectivity index (χ4n) is 2.47. The Bertz CT molecular complexity index is 1060. The van der Waals surface area contributed by atoms with Crippen molar-refractivity contribution in [3.05, 3.63) is 53.7 Å². The van der Waals surface area contributed by atoms with Gasteiger partial charge >= 0.3 is 0 Å². The molecule has 0 aliphatic heterocycles. The zero-order chi connectivity index (χ0) is 20.4. The van der Waals surface area contributed by atoms with Crippen molar-refractivity contribution in [1.29, 1.82) is 0 Å². The summed E-state index contributed by atoms with van der Waals surface area (Å²) < 4.78 is 32.8. The van der Waals surface area contributed by atoms with Crippen LogP contribution in [0.25, 0.3) is 10.8 Å². The highest BCUT2D eigenvalue weighted by Crippen LogP contribution is 2.24. The summed E-state index contributed by atoms with van der Waals surface area (Å²) in [7, 11) is -3.68. The van der Waals surface area contributed by atoms with Crippen LogP contribution in [-0.2, 0) is 21.2 Å². The first-order valence-electron chi connectivity index (χ1n) is 8.55. The number of rotatable bonds is 6. The lowest BCUT2D eigenvalue weighted by molar-refractivity contribution is -0.115. The molecule has 0 unspecified atom stereocenters. The third-order valence-electron chi connectivity index (χ3n) is 3.49. The zero-order valence-electron chi connectivity index (χ0n) is 15.7. The van der Waals surface area contributed by atoms with Crippen molar-refractivity contribution in [3.63, 3.8) is 0 Å². The summed E-state index contributed by atoms with van der Waals surface area (Å²) in [5, 5.41) is 5.22. The van der Waals surface area contributed by atoms with E-state index in [2.05, 4.69) is 15.0 Å².